The molecule has 1 aliphatic rings. The lowest BCUT2D eigenvalue weighted by molar-refractivity contribution is -0.126. The van der Waals surface area contributed by atoms with Crippen LogP contribution in [0.25, 0.3) is 0 Å². The van der Waals surface area contributed by atoms with E-state index in [1.54, 1.807) is 17.5 Å². The third-order valence-corrected chi connectivity index (χ3v) is 8.33. The van der Waals surface area contributed by atoms with E-state index in [2.05, 4.69) is 11.4 Å². The quantitative estimate of drug-likeness (QED) is 0.824. The number of nitrogens with one attached hydrogen (secondary N) is 1. The lowest BCUT2D eigenvalue weighted by Crippen LogP contribution is -2.45. The van der Waals surface area contributed by atoms with Crippen molar-refractivity contribution in [2.24, 2.45) is 5.92 Å². The maximum atomic E-state index is 12.8. The molecule has 3 rings (SSSR count). The average Bonchev–Trinajstić information content (AvgIpc) is 3.17. The first-order chi connectivity index (χ1) is 12.8. The predicted octanol–water partition coefficient (Wildman–Crippen LogP) is 3.64. The van der Waals surface area contributed by atoms with E-state index in [-0.39, 0.29) is 24.4 Å². The number of rotatable bonds is 5. The van der Waals surface area contributed by atoms with Crippen LogP contribution in [0.1, 0.15) is 42.5 Å². The zero-order valence-corrected chi connectivity index (χ0v) is 17.6. The number of thiophene rings is 1. The summed E-state index contributed by atoms with van der Waals surface area (Å²) in [6.07, 6.45) is 1.41. The third kappa shape index (κ3) is 4.42. The van der Waals surface area contributed by atoms with Gasteiger partial charge in [-0.3, -0.25) is 4.79 Å². The van der Waals surface area contributed by atoms with Crippen molar-refractivity contribution in [3.05, 3.63) is 52.4 Å². The van der Waals surface area contributed by atoms with Crippen molar-refractivity contribution in [3.63, 3.8) is 0 Å². The third-order valence-electron chi connectivity index (χ3n) is 5.09. The second kappa shape index (κ2) is 8.12. The Morgan fingerprint density at radius 1 is 1.30 bits per heavy atom. The number of carbonyl (C=O) groups is 1. The molecular weight excluding hydrogens is 380 g/mol. The van der Waals surface area contributed by atoms with Gasteiger partial charge in [0.1, 0.15) is 4.21 Å². The van der Waals surface area contributed by atoms with Crippen LogP contribution in [0.5, 0.6) is 0 Å². The summed E-state index contributed by atoms with van der Waals surface area (Å²) in [6, 6.07) is 9.43. The van der Waals surface area contributed by atoms with Crippen LogP contribution in [0, 0.1) is 19.8 Å². The summed E-state index contributed by atoms with van der Waals surface area (Å²) in [5.74, 6) is -0.393. The van der Waals surface area contributed by atoms with Gasteiger partial charge in [0.15, 0.2) is 0 Å². The summed E-state index contributed by atoms with van der Waals surface area (Å²) in [7, 11) is -3.51. The molecule has 0 radical (unpaired) electrons. The fraction of sp³-hybridized carbons (Fsp3) is 0.450. The molecule has 5 nitrogen and oxygen atoms in total. The number of amides is 1. The van der Waals surface area contributed by atoms with Gasteiger partial charge in [0.05, 0.1) is 12.0 Å². The number of carbonyl (C=O) groups excluding carboxylic acids is 1. The summed E-state index contributed by atoms with van der Waals surface area (Å²) in [4.78, 5) is 12.8. The van der Waals surface area contributed by atoms with Crippen LogP contribution in [-0.4, -0.2) is 31.7 Å². The smallest absolute Gasteiger partial charge is 0.252 e. The molecule has 0 aliphatic carbocycles. The lowest BCUT2D eigenvalue weighted by Gasteiger charge is -2.31. The molecule has 0 spiro atoms. The second-order valence-corrected chi connectivity index (χ2v) is 10.3. The monoisotopic (exact) mass is 406 g/mol. The Morgan fingerprint density at radius 3 is 2.74 bits per heavy atom. The van der Waals surface area contributed by atoms with Crippen LogP contribution in [-0.2, 0) is 14.8 Å². The Balaban J connectivity index is 1.68. The van der Waals surface area contributed by atoms with Gasteiger partial charge in [0.25, 0.3) is 10.0 Å². The maximum absolute atomic E-state index is 12.8. The van der Waals surface area contributed by atoms with E-state index >= 15 is 0 Å². The minimum atomic E-state index is -3.51. The van der Waals surface area contributed by atoms with E-state index < -0.39 is 10.0 Å². The van der Waals surface area contributed by atoms with Gasteiger partial charge in [0.2, 0.25) is 5.91 Å². The molecule has 0 bridgehead atoms. The largest absolute Gasteiger partial charge is 0.349 e. The van der Waals surface area contributed by atoms with Crippen molar-refractivity contribution in [2.45, 2.75) is 43.9 Å². The number of hydrogen-bond acceptors (Lipinski definition) is 4. The first-order valence-electron chi connectivity index (χ1n) is 9.20. The van der Waals surface area contributed by atoms with Gasteiger partial charge >= 0.3 is 0 Å². The van der Waals surface area contributed by atoms with Crippen molar-refractivity contribution in [3.8, 4) is 0 Å². The summed E-state index contributed by atoms with van der Waals surface area (Å²) >= 11 is 1.21. The molecule has 1 saturated heterocycles. The number of benzene rings is 1. The summed E-state index contributed by atoms with van der Waals surface area (Å²) in [5, 5.41) is 4.83. The van der Waals surface area contributed by atoms with Crippen LogP contribution < -0.4 is 5.32 Å². The lowest BCUT2D eigenvalue weighted by atomic mass is 9.96. The van der Waals surface area contributed by atoms with Crippen molar-refractivity contribution < 1.29 is 13.2 Å². The van der Waals surface area contributed by atoms with Gasteiger partial charge in [-0.1, -0.05) is 29.8 Å². The van der Waals surface area contributed by atoms with E-state index in [4.69, 9.17) is 0 Å². The molecule has 1 amide bonds. The van der Waals surface area contributed by atoms with Gasteiger partial charge in [-0.2, -0.15) is 4.31 Å². The molecule has 7 heteroatoms. The zero-order valence-electron chi connectivity index (χ0n) is 15.9. The van der Waals surface area contributed by atoms with E-state index in [0.29, 0.717) is 23.6 Å². The van der Waals surface area contributed by atoms with Crippen molar-refractivity contribution in [1.29, 1.82) is 0 Å². The highest BCUT2D eigenvalue weighted by Crippen LogP contribution is 2.27. The maximum Gasteiger partial charge on any atom is 0.252 e. The Morgan fingerprint density at radius 2 is 2.07 bits per heavy atom. The number of hydrogen-bond donors (Lipinski definition) is 1. The Kier molecular flexibility index (Phi) is 6.03. The Labute approximate surface area is 165 Å². The molecule has 0 saturated carbocycles. The molecule has 1 aromatic heterocycles. The molecule has 1 aliphatic heterocycles. The molecular formula is C20H26N2O3S2. The predicted molar refractivity (Wildman–Crippen MR) is 108 cm³/mol. The summed E-state index contributed by atoms with van der Waals surface area (Å²) in [5.41, 5.74) is 3.43. The van der Waals surface area contributed by atoms with Crippen molar-refractivity contribution in [1.82, 2.24) is 9.62 Å². The minimum absolute atomic E-state index is 0.0754. The van der Waals surface area contributed by atoms with Crippen LogP contribution >= 0.6 is 11.3 Å². The van der Waals surface area contributed by atoms with E-state index in [0.717, 1.165) is 11.1 Å². The molecule has 0 unspecified atom stereocenters. The zero-order chi connectivity index (χ0) is 19.6. The first-order valence-corrected chi connectivity index (χ1v) is 11.5. The first kappa shape index (κ1) is 20.0. The highest BCUT2D eigenvalue weighted by Gasteiger charge is 2.34. The van der Waals surface area contributed by atoms with E-state index in [1.165, 1.54) is 21.2 Å². The van der Waals surface area contributed by atoms with Gasteiger partial charge in [-0.05, 0) is 56.2 Å². The topological polar surface area (TPSA) is 66.5 Å². The molecule has 1 N–H and O–H groups in total. The number of aryl methyl sites for hydroxylation is 2. The van der Waals surface area contributed by atoms with Gasteiger partial charge < -0.3 is 5.32 Å². The van der Waals surface area contributed by atoms with Crippen LogP contribution in [0.3, 0.4) is 0 Å². The van der Waals surface area contributed by atoms with Crippen molar-refractivity contribution in [2.75, 3.05) is 13.1 Å². The Bertz CT molecular complexity index is 907. The van der Waals surface area contributed by atoms with Crippen LogP contribution in [0.2, 0.25) is 0 Å². The standard InChI is InChI=1S/C20H26N2O3S2/c1-14-8-9-18(15(2)12-14)16(3)21-20(23)17-6-4-10-22(13-17)27(24,25)19-7-5-11-26-19/h5,7-9,11-12,16-17H,4,6,10,13H2,1-3H3,(H,21,23)/t16-,17+/m0/s1. The van der Waals surface area contributed by atoms with Crippen LogP contribution in [0.4, 0.5) is 0 Å². The van der Waals surface area contributed by atoms with Gasteiger partial charge in [-0.25, -0.2) is 8.42 Å². The second-order valence-electron chi connectivity index (χ2n) is 7.22. The summed E-state index contributed by atoms with van der Waals surface area (Å²) in [6.45, 7) is 6.77. The van der Waals surface area contributed by atoms with Crippen molar-refractivity contribution >= 4 is 27.3 Å². The normalized spacial score (nSPS) is 19.6. The Hall–Kier alpha value is -1.70. The summed E-state index contributed by atoms with van der Waals surface area (Å²) < 4.78 is 27.3. The highest BCUT2D eigenvalue weighted by molar-refractivity contribution is 7.91. The average molecular weight is 407 g/mol. The molecule has 2 atom stereocenters. The fourth-order valence-electron chi connectivity index (χ4n) is 3.63. The molecule has 2 aromatic rings. The molecule has 1 fully saturated rings. The highest BCUT2D eigenvalue weighted by atomic mass is 32.2. The van der Waals surface area contributed by atoms with Gasteiger partial charge in [0, 0.05) is 13.1 Å². The molecule has 1 aromatic carbocycles. The SMILES string of the molecule is Cc1ccc([C@H](C)NC(=O)[C@@H]2CCCN(S(=O)(=O)c3cccs3)C2)c(C)c1. The molecule has 27 heavy (non-hydrogen) atoms. The minimum Gasteiger partial charge on any atom is -0.349 e. The fourth-order valence-corrected chi connectivity index (χ4v) is 6.30. The molecule has 2 heterocycles. The number of sulfonamides is 1. The van der Waals surface area contributed by atoms with Crippen LogP contribution in [0.15, 0.2) is 39.9 Å². The number of nitrogens with zero attached hydrogens (tertiary/aromatic N) is 1. The van der Waals surface area contributed by atoms with Gasteiger partial charge in [-0.15, -0.1) is 11.3 Å². The van der Waals surface area contributed by atoms with E-state index in [9.17, 15) is 13.2 Å². The van der Waals surface area contributed by atoms with E-state index in [1.807, 2.05) is 32.9 Å². The number of piperidine rings is 1. The molecule has 146 valence electrons.